The molecule has 0 radical (unpaired) electrons. The number of amides is 1. The lowest BCUT2D eigenvalue weighted by atomic mass is 10.3. The van der Waals surface area contributed by atoms with Gasteiger partial charge in [0.2, 0.25) is 0 Å². The molecule has 8 nitrogen and oxygen atoms in total. The van der Waals surface area contributed by atoms with Crippen LogP contribution in [0.1, 0.15) is 0 Å². The van der Waals surface area contributed by atoms with Crippen LogP contribution in [0.3, 0.4) is 0 Å². The van der Waals surface area contributed by atoms with E-state index in [9.17, 15) is 32.9 Å². The maximum Gasteiger partial charge on any atom is 0.405 e. The molecule has 0 heterocycles. The third-order valence-corrected chi connectivity index (χ3v) is 2.26. The van der Waals surface area contributed by atoms with E-state index in [0.717, 1.165) is 6.07 Å². The molecule has 1 aromatic carbocycles. The molecule has 0 saturated heterocycles. The van der Waals surface area contributed by atoms with Crippen molar-refractivity contribution in [3.05, 3.63) is 34.4 Å². The maximum absolute atomic E-state index is 11.8. The van der Waals surface area contributed by atoms with E-state index in [-0.39, 0.29) is 11.4 Å². The van der Waals surface area contributed by atoms with Gasteiger partial charge in [-0.15, -0.1) is 0 Å². The first-order valence-corrected chi connectivity index (χ1v) is 6.04. The SMILES string of the molecule is O=C(COC(=O)COc1ccccc1[N+](=O)[O-])NCC(F)(F)F. The fraction of sp³-hybridized carbons (Fsp3) is 0.333. The average Bonchev–Trinajstić information content (AvgIpc) is 2.48. The van der Waals surface area contributed by atoms with Crippen LogP contribution >= 0.6 is 0 Å². The van der Waals surface area contributed by atoms with Gasteiger partial charge in [-0.1, -0.05) is 12.1 Å². The number of para-hydroxylation sites is 2. The zero-order valence-electron chi connectivity index (χ0n) is 11.5. The number of esters is 1. The molecule has 0 fully saturated rings. The summed E-state index contributed by atoms with van der Waals surface area (Å²) in [5.74, 6) is -2.39. The van der Waals surface area contributed by atoms with Crippen molar-refractivity contribution in [2.75, 3.05) is 19.8 Å². The minimum atomic E-state index is -4.57. The Morgan fingerprint density at radius 2 is 1.87 bits per heavy atom. The van der Waals surface area contributed by atoms with E-state index in [4.69, 9.17) is 4.74 Å². The number of carbonyl (C=O) groups excluding carboxylic acids is 2. The predicted octanol–water partition coefficient (Wildman–Crippen LogP) is 1.20. The van der Waals surface area contributed by atoms with Gasteiger partial charge in [-0.05, 0) is 6.07 Å². The fourth-order valence-electron chi connectivity index (χ4n) is 1.30. The monoisotopic (exact) mass is 336 g/mol. The summed E-state index contributed by atoms with van der Waals surface area (Å²) in [6.07, 6.45) is -4.57. The largest absolute Gasteiger partial charge is 0.475 e. The van der Waals surface area contributed by atoms with Gasteiger partial charge in [0.1, 0.15) is 6.54 Å². The molecule has 1 N–H and O–H groups in total. The summed E-state index contributed by atoms with van der Waals surface area (Å²) in [7, 11) is 0. The molecular formula is C12H11F3N2O6. The molecule has 0 aliphatic heterocycles. The minimum absolute atomic E-state index is 0.184. The van der Waals surface area contributed by atoms with Crippen molar-refractivity contribution in [1.29, 1.82) is 0 Å². The Balaban J connectivity index is 2.38. The number of nitrogens with zero attached hydrogens (tertiary/aromatic N) is 1. The molecular weight excluding hydrogens is 325 g/mol. The number of hydrogen-bond donors (Lipinski definition) is 1. The zero-order chi connectivity index (χ0) is 17.5. The Labute approximate surface area is 127 Å². The van der Waals surface area contributed by atoms with E-state index in [2.05, 4.69) is 4.74 Å². The predicted molar refractivity (Wildman–Crippen MR) is 68.6 cm³/mol. The van der Waals surface area contributed by atoms with Crippen LogP contribution in [-0.2, 0) is 14.3 Å². The van der Waals surface area contributed by atoms with E-state index < -0.39 is 42.7 Å². The van der Waals surface area contributed by atoms with Crippen LogP contribution in [0.2, 0.25) is 0 Å². The van der Waals surface area contributed by atoms with E-state index in [1.54, 1.807) is 0 Å². The fourth-order valence-corrected chi connectivity index (χ4v) is 1.30. The van der Waals surface area contributed by atoms with E-state index in [0.29, 0.717) is 0 Å². The molecule has 126 valence electrons. The van der Waals surface area contributed by atoms with Crippen LogP contribution < -0.4 is 10.1 Å². The normalized spacial score (nSPS) is 10.7. The van der Waals surface area contributed by atoms with Crippen molar-refractivity contribution in [2.24, 2.45) is 0 Å². The number of carbonyl (C=O) groups is 2. The van der Waals surface area contributed by atoms with E-state index in [1.807, 2.05) is 0 Å². The number of halogens is 3. The second-order valence-electron chi connectivity index (χ2n) is 4.07. The third-order valence-electron chi connectivity index (χ3n) is 2.26. The molecule has 23 heavy (non-hydrogen) atoms. The second kappa shape index (κ2) is 7.96. The van der Waals surface area contributed by atoms with Crippen molar-refractivity contribution in [2.45, 2.75) is 6.18 Å². The van der Waals surface area contributed by atoms with Crippen LogP contribution in [0.5, 0.6) is 5.75 Å². The average molecular weight is 336 g/mol. The van der Waals surface area contributed by atoms with Gasteiger partial charge in [-0.2, -0.15) is 13.2 Å². The molecule has 0 atom stereocenters. The van der Waals surface area contributed by atoms with E-state index in [1.165, 1.54) is 23.5 Å². The first kappa shape index (κ1) is 18.2. The number of ether oxygens (including phenoxy) is 2. The van der Waals surface area contributed by atoms with Gasteiger partial charge >= 0.3 is 17.8 Å². The highest BCUT2D eigenvalue weighted by Crippen LogP contribution is 2.25. The number of rotatable bonds is 7. The van der Waals surface area contributed by atoms with Gasteiger partial charge < -0.3 is 14.8 Å². The van der Waals surface area contributed by atoms with Crippen molar-refractivity contribution in [1.82, 2.24) is 5.32 Å². The van der Waals surface area contributed by atoms with Crippen LogP contribution in [0, 0.1) is 10.1 Å². The lowest BCUT2D eigenvalue weighted by Gasteiger charge is -2.09. The molecule has 0 bridgehead atoms. The lowest BCUT2D eigenvalue weighted by molar-refractivity contribution is -0.385. The summed E-state index contributed by atoms with van der Waals surface area (Å²) in [6.45, 7) is -3.21. The highest BCUT2D eigenvalue weighted by molar-refractivity contribution is 5.80. The standard InChI is InChI=1S/C12H11F3N2O6/c13-12(14,15)7-16-10(18)5-23-11(19)6-22-9-4-2-1-3-8(9)17(20)21/h1-4H,5-7H2,(H,16,18). The van der Waals surface area contributed by atoms with Crippen LogP contribution in [0.25, 0.3) is 0 Å². The van der Waals surface area contributed by atoms with Crippen LogP contribution in [0.4, 0.5) is 18.9 Å². The van der Waals surface area contributed by atoms with Gasteiger partial charge in [0.25, 0.3) is 5.91 Å². The third kappa shape index (κ3) is 7.11. The van der Waals surface area contributed by atoms with E-state index >= 15 is 0 Å². The minimum Gasteiger partial charge on any atom is -0.475 e. The highest BCUT2D eigenvalue weighted by Gasteiger charge is 2.27. The zero-order valence-corrected chi connectivity index (χ0v) is 11.5. The first-order chi connectivity index (χ1) is 10.7. The van der Waals surface area contributed by atoms with Crippen molar-refractivity contribution in [3.8, 4) is 5.75 Å². The van der Waals surface area contributed by atoms with Gasteiger partial charge in [0, 0.05) is 6.07 Å². The Bertz CT molecular complexity index is 590. The summed E-state index contributed by atoms with van der Waals surface area (Å²) in [5.41, 5.74) is -0.372. The number of hydrogen-bond acceptors (Lipinski definition) is 6. The molecule has 1 amide bonds. The second-order valence-corrected chi connectivity index (χ2v) is 4.07. The lowest BCUT2D eigenvalue weighted by Crippen LogP contribution is -2.36. The summed E-state index contributed by atoms with van der Waals surface area (Å²) in [6, 6.07) is 5.25. The van der Waals surface area contributed by atoms with Gasteiger partial charge in [-0.25, -0.2) is 4.79 Å². The van der Waals surface area contributed by atoms with Crippen LogP contribution in [0.15, 0.2) is 24.3 Å². The maximum atomic E-state index is 11.8. The summed E-state index contributed by atoms with van der Waals surface area (Å²) >= 11 is 0. The molecule has 0 aliphatic carbocycles. The quantitative estimate of drug-likeness (QED) is 0.455. The topological polar surface area (TPSA) is 108 Å². The van der Waals surface area contributed by atoms with Crippen molar-refractivity contribution in [3.63, 3.8) is 0 Å². The van der Waals surface area contributed by atoms with Gasteiger partial charge in [0.15, 0.2) is 19.0 Å². The number of benzene rings is 1. The molecule has 1 rings (SSSR count). The molecule has 11 heteroatoms. The first-order valence-electron chi connectivity index (χ1n) is 6.04. The van der Waals surface area contributed by atoms with Gasteiger partial charge in [0.05, 0.1) is 4.92 Å². The van der Waals surface area contributed by atoms with Crippen LogP contribution in [-0.4, -0.2) is 42.7 Å². The Morgan fingerprint density at radius 1 is 1.22 bits per heavy atom. The Hall–Kier alpha value is -2.85. The summed E-state index contributed by atoms with van der Waals surface area (Å²) in [5, 5.41) is 12.2. The number of alkyl halides is 3. The molecule has 0 aromatic heterocycles. The summed E-state index contributed by atoms with van der Waals surface area (Å²) < 4.78 is 44.7. The Morgan fingerprint density at radius 3 is 2.48 bits per heavy atom. The summed E-state index contributed by atoms with van der Waals surface area (Å²) in [4.78, 5) is 32.3. The number of nitrogens with one attached hydrogen (secondary N) is 1. The molecule has 0 saturated carbocycles. The van der Waals surface area contributed by atoms with Crippen molar-refractivity contribution < 1.29 is 37.2 Å². The smallest absolute Gasteiger partial charge is 0.405 e. The molecule has 1 aromatic rings. The molecule has 0 unspecified atom stereocenters. The molecule has 0 spiro atoms. The number of nitro groups is 1. The molecule has 0 aliphatic rings. The van der Waals surface area contributed by atoms with Crippen molar-refractivity contribution >= 4 is 17.6 Å². The highest BCUT2D eigenvalue weighted by atomic mass is 19.4. The Kier molecular flexibility index (Phi) is 6.30. The number of nitro benzene ring substituents is 1. The van der Waals surface area contributed by atoms with Gasteiger partial charge in [-0.3, -0.25) is 14.9 Å².